The molecule has 0 aliphatic carbocycles. The predicted molar refractivity (Wildman–Crippen MR) is 71.3 cm³/mol. The molecular formula is C13H10N4O3. The molecule has 0 atom stereocenters. The second-order valence-electron chi connectivity index (χ2n) is 4.01. The van der Waals surface area contributed by atoms with Crippen LogP contribution in [-0.2, 0) is 0 Å². The van der Waals surface area contributed by atoms with E-state index >= 15 is 0 Å². The molecule has 20 heavy (non-hydrogen) atoms. The number of pyridine rings is 1. The summed E-state index contributed by atoms with van der Waals surface area (Å²) < 4.78 is 5.50. The molecule has 2 aromatic rings. The van der Waals surface area contributed by atoms with Crippen LogP contribution in [0.5, 0.6) is 11.6 Å². The Morgan fingerprint density at radius 3 is 2.75 bits per heavy atom. The van der Waals surface area contributed by atoms with Gasteiger partial charge < -0.3 is 10.5 Å². The van der Waals surface area contributed by atoms with Crippen molar-refractivity contribution in [3.05, 3.63) is 51.6 Å². The molecule has 0 aliphatic rings. The maximum Gasteiger partial charge on any atom is 0.311 e. The van der Waals surface area contributed by atoms with Gasteiger partial charge in [0.25, 0.3) is 0 Å². The Bertz CT molecular complexity index is 722. The molecule has 7 heteroatoms. The lowest BCUT2D eigenvalue weighted by molar-refractivity contribution is -0.384. The van der Waals surface area contributed by atoms with Gasteiger partial charge in [0.15, 0.2) is 0 Å². The SMILES string of the molecule is Cc1ccc(C#N)cc1Oc1ccc([N+](=O)[O-])c(N)n1. The maximum absolute atomic E-state index is 10.6. The van der Waals surface area contributed by atoms with Crippen LogP contribution in [0.25, 0.3) is 0 Å². The fourth-order valence-electron chi connectivity index (χ4n) is 1.55. The molecule has 1 aromatic heterocycles. The van der Waals surface area contributed by atoms with Gasteiger partial charge in [-0.25, -0.2) is 0 Å². The first-order valence-electron chi connectivity index (χ1n) is 5.61. The van der Waals surface area contributed by atoms with Crippen molar-refractivity contribution in [2.75, 3.05) is 5.73 Å². The summed E-state index contributed by atoms with van der Waals surface area (Å²) in [6.45, 7) is 1.81. The summed E-state index contributed by atoms with van der Waals surface area (Å²) in [4.78, 5) is 13.8. The number of nitrogens with two attached hydrogens (primary N) is 1. The van der Waals surface area contributed by atoms with Gasteiger partial charge in [0, 0.05) is 12.1 Å². The number of nitro groups is 1. The summed E-state index contributed by atoms with van der Waals surface area (Å²) in [7, 11) is 0. The van der Waals surface area contributed by atoms with Gasteiger partial charge in [-0.15, -0.1) is 0 Å². The van der Waals surface area contributed by atoms with Gasteiger partial charge in [0.1, 0.15) is 5.75 Å². The molecule has 0 radical (unpaired) electrons. The van der Waals surface area contributed by atoms with Crippen LogP contribution in [-0.4, -0.2) is 9.91 Å². The van der Waals surface area contributed by atoms with E-state index in [-0.39, 0.29) is 17.4 Å². The highest BCUT2D eigenvalue weighted by atomic mass is 16.6. The number of anilines is 1. The molecular weight excluding hydrogens is 260 g/mol. The van der Waals surface area contributed by atoms with E-state index in [1.54, 1.807) is 18.2 Å². The third-order valence-corrected chi connectivity index (χ3v) is 2.61. The van der Waals surface area contributed by atoms with Crippen LogP contribution in [0, 0.1) is 28.4 Å². The summed E-state index contributed by atoms with van der Waals surface area (Å²) in [6, 6.07) is 9.55. The van der Waals surface area contributed by atoms with Gasteiger partial charge in [-0.05, 0) is 24.6 Å². The number of nitriles is 1. The summed E-state index contributed by atoms with van der Waals surface area (Å²) in [6.07, 6.45) is 0. The maximum atomic E-state index is 10.6. The van der Waals surface area contributed by atoms with Crippen molar-refractivity contribution in [3.63, 3.8) is 0 Å². The van der Waals surface area contributed by atoms with Gasteiger partial charge >= 0.3 is 5.69 Å². The fourth-order valence-corrected chi connectivity index (χ4v) is 1.55. The molecule has 2 N–H and O–H groups in total. The number of hydrogen-bond donors (Lipinski definition) is 1. The molecule has 0 unspecified atom stereocenters. The van der Waals surface area contributed by atoms with E-state index in [2.05, 4.69) is 4.98 Å². The molecule has 1 aromatic carbocycles. The van der Waals surface area contributed by atoms with Crippen LogP contribution in [0.4, 0.5) is 11.5 Å². The quantitative estimate of drug-likeness (QED) is 0.676. The lowest BCUT2D eigenvalue weighted by Crippen LogP contribution is -2.00. The predicted octanol–water partition coefficient (Wildman–Crippen LogP) is 2.54. The molecule has 7 nitrogen and oxygen atoms in total. The van der Waals surface area contributed by atoms with E-state index in [9.17, 15) is 10.1 Å². The Kier molecular flexibility index (Phi) is 3.48. The molecule has 0 spiro atoms. The third-order valence-electron chi connectivity index (χ3n) is 2.61. The first-order valence-corrected chi connectivity index (χ1v) is 5.61. The minimum atomic E-state index is -0.617. The van der Waals surface area contributed by atoms with Gasteiger partial charge in [-0.2, -0.15) is 10.2 Å². The van der Waals surface area contributed by atoms with Gasteiger partial charge in [-0.3, -0.25) is 10.1 Å². The Labute approximate surface area is 114 Å². The number of rotatable bonds is 3. The van der Waals surface area contributed by atoms with Crippen molar-refractivity contribution >= 4 is 11.5 Å². The Morgan fingerprint density at radius 2 is 2.15 bits per heavy atom. The minimum Gasteiger partial charge on any atom is -0.439 e. The van der Waals surface area contributed by atoms with Crippen LogP contribution in [0.1, 0.15) is 11.1 Å². The molecule has 2 rings (SSSR count). The van der Waals surface area contributed by atoms with Crippen LogP contribution >= 0.6 is 0 Å². The van der Waals surface area contributed by atoms with E-state index in [1.165, 1.54) is 12.1 Å². The third kappa shape index (κ3) is 2.64. The summed E-state index contributed by atoms with van der Waals surface area (Å²) in [5, 5.41) is 19.5. The van der Waals surface area contributed by atoms with E-state index < -0.39 is 4.92 Å². The zero-order chi connectivity index (χ0) is 14.7. The summed E-state index contributed by atoms with van der Waals surface area (Å²) >= 11 is 0. The van der Waals surface area contributed by atoms with Crippen molar-refractivity contribution in [3.8, 4) is 17.7 Å². The molecule has 0 saturated heterocycles. The number of benzene rings is 1. The summed E-state index contributed by atoms with van der Waals surface area (Å²) in [5.74, 6) is 0.359. The minimum absolute atomic E-state index is 0.131. The highest BCUT2D eigenvalue weighted by molar-refractivity contribution is 5.54. The monoisotopic (exact) mass is 270 g/mol. The topological polar surface area (TPSA) is 115 Å². The molecule has 0 amide bonds. The second-order valence-corrected chi connectivity index (χ2v) is 4.01. The van der Waals surface area contributed by atoms with Gasteiger partial charge in [0.05, 0.1) is 16.6 Å². The molecule has 0 fully saturated rings. The largest absolute Gasteiger partial charge is 0.439 e. The van der Waals surface area contributed by atoms with Crippen molar-refractivity contribution in [2.45, 2.75) is 6.92 Å². The highest BCUT2D eigenvalue weighted by Gasteiger charge is 2.14. The van der Waals surface area contributed by atoms with Crippen molar-refractivity contribution in [2.24, 2.45) is 0 Å². The first-order chi connectivity index (χ1) is 9.51. The average molecular weight is 270 g/mol. The molecule has 0 aliphatic heterocycles. The molecule has 0 bridgehead atoms. The van der Waals surface area contributed by atoms with Gasteiger partial charge in [0.2, 0.25) is 11.7 Å². The highest BCUT2D eigenvalue weighted by Crippen LogP contribution is 2.28. The molecule has 1 heterocycles. The fraction of sp³-hybridized carbons (Fsp3) is 0.0769. The van der Waals surface area contributed by atoms with Crippen molar-refractivity contribution in [1.29, 1.82) is 5.26 Å². The van der Waals surface area contributed by atoms with Crippen molar-refractivity contribution in [1.82, 2.24) is 4.98 Å². The second kappa shape index (κ2) is 5.24. The average Bonchev–Trinajstić information content (AvgIpc) is 2.41. The number of aryl methyl sites for hydroxylation is 1. The number of aromatic nitrogens is 1. The Morgan fingerprint density at radius 1 is 1.40 bits per heavy atom. The molecule has 0 saturated carbocycles. The standard InChI is InChI=1S/C13H10N4O3/c1-8-2-3-9(7-14)6-11(8)20-12-5-4-10(17(18)19)13(15)16-12/h2-6H,1H3,(H2,15,16). The van der Waals surface area contributed by atoms with Crippen LogP contribution in [0.2, 0.25) is 0 Å². The Balaban J connectivity index is 2.33. The van der Waals surface area contributed by atoms with E-state index in [4.69, 9.17) is 15.7 Å². The summed E-state index contributed by atoms with van der Waals surface area (Å²) in [5.41, 5.74) is 6.46. The number of nitrogen functional groups attached to an aromatic ring is 1. The lowest BCUT2D eigenvalue weighted by atomic mass is 10.1. The zero-order valence-corrected chi connectivity index (χ0v) is 10.5. The van der Waals surface area contributed by atoms with Crippen LogP contribution in [0.3, 0.4) is 0 Å². The van der Waals surface area contributed by atoms with Crippen molar-refractivity contribution < 1.29 is 9.66 Å². The smallest absolute Gasteiger partial charge is 0.311 e. The van der Waals surface area contributed by atoms with E-state index in [1.807, 2.05) is 13.0 Å². The van der Waals surface area contributed by atoms with Gasteiger partial charge in [-0.1, -0.05) is 6.07 Å². The van der Waals surface area contributed by atoms with Crippen LogP contribution in [0.15, 0.2) is 30.3 Å². The lowest BCUT2D eigenvalue weighted by Gasteiger charge is -2.08. The number of nitrogens with zero attached hydrogens (tertiary/aromatic N) is 3. The van der Waals surface area contributed by atoms with Crippen LogP contribution < -0.4 is 10.5 Å². The number of hydrogen-bond acceptors (Lipinski definition) is 6. The Hall–Kier alpha value is -3.14. The normalized spacial score (nSPS) is 9.80. The van der Waals surface area contributed by atoms with E-state index in [0.29, 0.717) is 11.3 Å². The van der Waals surface area contributed by atoms with E-state index in [0.717, 1.165) is 5.56 Å². The zero-order valence-electron chi connectivity index (χ0n) is 10.5. The first kappa shape index (κ1) is 13.3. The number of ether oxygens (including phenoxy) is 1. The molecule has 100 valence electrons.